The molecule has 0 saturated carbocycles. The van der Waals surface area contributed by atoms with Crippen molar-refractivity contribution in [2.75, 3.05) is 10.6 Å². The molecule has 1 aliphatic heterocycles. The average Bonchev–Trinajstić information content (AvgIpc) is 3.39. The van der Waals surface area contributed by atoms with Crippen LogP contribution in [0.15, 0.2) is 65.1 Å². The summed E-state index contributed by atoms with van der Waals surface area (Å²) in [6.07, 6.45) is -0.256. The Labute approximate surface area is 171 Å². The van der Waals surface area contributed by atoms with Crippen LogP contribution in [0.5, 0.6) is 0 Å². The molecule has 7 nitrogen and oxygen atoms in total. The smallest absolute Gasteiger partial charge is 0.270 e. The van der Waals surface area contributed by atoms with Crippen molar-refractivity contribution >= 4 is 39.7 Å². The number of aromatic nitrogens is 1. The molecule has 2 N–H and O–H groups in total. The van der Waals surface area contributed by atoms with E-state index in [1.165, 1.54) is 18.3 Å². The van der Waals surface area contributed by atoms with E-state index in [1.807, 2.05) is 60.0 Å². The highest BCUT2D eigenvalue weighted by molar-refractivity contribution is 7.14. The molecule has 29 heavy (non-hydrogen) atoms. The number of hydrogen-bond acceptors (Lipinski definition) is 6. The molecule has 146 valence electrons. The van der Waals surface area contributed by atoms with Gasteiger partial charge in [0.1, 0.15) is 0 Å². The largest absolute Gasteiger partial charge is 0.382 e. The number of nitrogens with one attached hydrogen (secondary N) is 2. The number of nitrogens with zero attached hydrogens (tertiary/aromatic N) is 2. The van der Waals surface area contributed by atoms with Gasteiger partial charge >= 0.3 is 0 Å². The van der Waals surface area contributed by atoms with Crippen LogP contribution in [0, 0.1) is 0 Å². The SMILES string of the molecule is CC(=O)Nc1ccc(-c2csc(NC(=O)C3CC(c4ccccc4)=NO3)n2)cc1. The van der Waals surface area contributed by atoms with E-state index in [2.05, 4.69) is 20.8 Å². The van der Waals surface area contributed by atoms with Crippen LogP contribution in [0.4, 0.5) is 10.8 Å². The number of hydrogen-bond donors (Lipinski definition) is 2. The Morgan fingerprint density at radius 3 is 2.52 bits per heavy atom. The maximum Gasteiger partial charge on any atom is 0.270 e. The van der Waals surface area contributed by atoms with E-state index < -0.39 is 6.10 Å². The van der Waals surface area contributed by atoms with E-state index >= 15 is 0 Å². The molecule has 0 fully saturated rings. The molecule has 1 aromatic heterocycles. The van der Waals surface area contributed by atoms with Crippen LogP contribution >= 0.6 is 11.3 Å². The van der Waals surface area contributed by atoms with Gasteiger partial charge in [0.25, 0.3) is 5.91 Å². The number of rotatable bonds is 5. The lowest BCUT2D eigenvalue weighted by Gasteiger charge is -2.07. The molecule has 2 heterocycles. The fourth-order valence-corrected chi connectivity index (χ4v) is 3.62. The third kappa shape index (κ3) is 4.49. The summed E-state index contributed by atoms with van der Waals surface area (Å²) in [7, 11) is 0. The standard InChI is InChI=1S/C21H18N4O3S/c1-13(26)22-16-9-7-15(8-10-16)18-12-29-21(23-18)24-20(27)19-11-17(25-28-19)14-5-3-2-4-6-14/h2-10,12,19H,11H2,1H3,(H,22,26)(H,23,24,27). The van der Waals surface area contributed by atoms with Gasteiger partial charge in [-0.25, -0.2) is 4.98 Å². The molecule has 1 unspecified atom stereocenters. The summed E-state index contributed by atoms with van der Waals surface area (Å²) in [6, 6.07) is 17.0. The monoisotopic (exact) mass is 406 g/mol. The second-order valence-electron chi connectivity index (χ2n) is 6.49. The van der Waals surface area contributed by atoms with Crippen molar-refractivity contribution in [3.63, 3.8) is 0 Å². The van der Waals surface area contributed by atoms with Gasteiger partial charge in [-0.2, -0.15) is 0 Å². The highest BCUT2D eigenvalue weighted by Crippen LogP contribution is 2.27. The van der Waals surface area contributed by atoms with E-state index in [4.69, 9.17) is 4.84 Å². The number of carbonyl (C=O) groups excluding carboxylic acids is 2. The summed E-state index contributed by atoms with van der Waals surface area (Å²) in [6.45, 7) is 1.46. The molecule has 0 aliphatic carbocycles. The minimum Gasteiger partial charge on any atom is -0.382 e. The Morgan fingerprint density at radius 2 is 1.79 bits per heavy atom. The molecule has 0 spiro atoms. The van der Waals surface area contributed by atoms with Gasteiger partial charge in [-0.05, 0) is 17.7 Å². The second-order valence-corrected chi connectivity index (χ2v) is 7.35. The number of oxime groups is 1. The van der Waals surface area contributed by atoms with Crippen molar-refractivity contribution in [1.29, 1.82) is 0 Å². The predicted octanol–water partition coefficient (Wildman–Crippen LogP) is 3.90. The third-order valence-electron chi connectivity index (χ3n) is 4.30. The molecule has 1 atom stereocenters. The van der Waals surface area contributed by atoms with E-state index in [0.717, 1.165) is 28.2 Å². The van der Waals surface area contributed by atoms with Gasteiger partial charge in [0.2, 0.25) is 12.0 Å². The van der Waals surface area contributed by atoms with Gasteiger partial charge in [0.05, 0.1) is 11.4 Å². The van der Waals surface area contributed by atoms with Gasteiger partial charge in [-0.3, -0.25) is 14.9 Å². The Balaban J connectivity index is 1.37. The zero-order valence-electron chi connectivity index (χ0n) is 15.6. The Morgan fingerprint density at radius 1 is 1.03 bits per heavy atom. The summed E-state index contributed by atoms with van der Waals surface area (Å²) in [4.78, 5) is 33.4. The van der Waals surface area contributed by atoms with Crippen LogP contribution in [0.1, 0.15) is 18.9 Å². The van der Waals surface area contributed by atoms with E-state index in [0.29, 0.717) is 11.6 Å². The number of amides is 2. The van der Waals surface area contributed by atoms with Crippen molar-refractivity contribution < 1.29 is 14.4 Å². The molecule has 0 radical (unpaired) electrons. The topological polar surface area (TPSA) is 92.7 Å². The summed E-state index contributed by atoms with van der Waals surface area (Å²) in [5.74, 6) is -0.397. The minimum absolute atomic E-state index is 0.120. The van der Waals surface area contributed by atoms with Gasteiger partial charge in [-0.15, -0.1) is 11.3 Å². The van der Waals surface area contributed by atoms with Gasteiger partial charge < -0.3 is 10.2 Å². The Bertz CT molecular complexity index is 1060. The first-order valence-electron chi connectivity index (χ1n) is 9.01. The maximum atomic E-state index is 12.5. The Hall–Kier alpha value is -3.52. The fraction of sp³-hybridized carbons (Fsp3) is 0.143. The molecular weight excluding hydrogens is 388 g/mol. The molecular formula is C21H18N4O3S. The lowest BCUT2D eigenvalue weighted by Crippen LogP contribution is -2.27. The second kappa shape index (κ2) is 8.24. The molecule has 1 aliphatic rings. The maximum absolute atomic E-state index is 12.5. The highest BCUT2D eigenvalue weighted by atomic mass is 32.1. The minimum atomic E-state index is -0.672. The summed E-state index contributed by atoms with van der Waals surface area (Å²) in [5, 5.41) is 11.9. The van der Waals surface area contributed by atoms with Crippen molar-refractivity contribution in [2.24, 2.45) is 5.16 Å². The first kappa shape index (κ1) is 18.8. The van der Waals surface area contributed by atoms with Crippen LogP contribution < -0.4 is 10.6 Å². The van der Waals surface area contributed by atoms with Gasteiger partial charge in [0, 0.05) is 30.0 Å². The van der Waals surface area contributed by atoms with Gasteiger partial charge in [0.15, 0.2) is 5.13 Å². The van der Waals surface area contributed by atoms with Crippen LogP contribution in [0.25, 0.3) is 11.3 Å². The number of carbonyl (C=O) groups is 2. The lowest BCUT2D eigenvalue weighted by molar-refractivity contribution is -0.125. The van der Waals surface area contributed by atoms with Crippen LogP contribution in [-0.2, 0) is 14.4 Å². The Kier molecular flexibility index (Phi) is 5.35. The van der Waals surface area contributed by atoms with E-state index in [1.54, 1.807) is 0 Å². The van der Waals surface area contributed by atoms with Crippen molar-refractivity contribution in [1.82, 2.24) is 4.98 Å². The third-order valence-corrected chi connectivity index (χ3v) is 5.06. The van der Waals surface area contributed by atoms with Gasteiger partial charge in [-0.1, -0.05) is 47.6 Å². The van der Waals surface area contributed by atoms with E-state index in [9.17, 15) is 9.59 Å². The van der Waals surface area contributed by atoms with Crippen molar-refractivity contribution in [3.8, 4) is 11.3 Å². The zero-order chi connectivity index (χ0) is 20.2. The first-order valence-corrected chi connectivity index (χ1v) is 9.89. The number of thiazole rings is 1. The fourth-order valence-electron chi connectivity index (χ4n) is 2.90. The first-order chi connectivity index (χ1) is 14.1. The summed E-state index contributed by atoms with van der Waals surface area (Å²) in [5.41, 5.74) is 4.06. The molecule has 0 bridgehead atoms. The molecule has 2 amide bonds. The van der Waals surface area contributed by atoms with E-state index in [-0.39, 0.29) is 11.8 Å². The molecule has 0 saturated heterocycles. The lowest BCUT2D eigenvalue weighted by atomic mass is 10.1. The zero-order valence-corrected chi connectivity index (χ0v) is 16.4. The van der Waals surface area contributed by atoms with Crippen LogP contribution in [0.2, 0.25) is 0 Å². The molecule has 4 rings (SSSR count). The summed E-state index contributed by atoms with van der Waals surface area (Å²) < 4.78 is 0. The number of benzene rings is 2. The van der Waals surface area contributed by atoms with Crippen molar-refractivity contribution in [2.45, 2.75) is 19.4 Å². The highest BCUT2D eigenvalue weighted by Gasteiger charge is 2.29. The van der Waals surface area contributed by atoms with Crippen molar-refractivity contribution in [3.05, 3.63) is 65.5 Å². The molecule has 3 aromatic rings. The summed E-state index contributed by atoms with van der Waals surface area (Å²) >= 11 is 1.34. The number of anilines is 2. The predicted molar refractivity (Wildman–Crippen MR) is 113 cm³/mol. The molecule has 8 heteroatoms. The average molecular weight is 406 g/mol. The van der Waals surface area contributed by atoms with Crippen LogP contribution in [0.3, 0.4) is 0 Å². The normalized spacial score (nSPS) is 15.3. The quantitative estimate of drug-likeness (QED) is 0.672. The molecule has 2 aromatic carbocycles. The van der Waals surface area contributed by atoms with Crippen LogP contribution in [-0.4, -0.2) is 28.6 Å².